The van der Waals surface area contributed by atoms with Crippen molar-refractivity contribution in [3.8, 4) is 11.1 Å². The third kappa shape index (κ3) is 1.95. The van der Waals surface area contributed by atoms with Crippen molar-refractivity contribution < 1.29 is 4.79 Å². The molecule has 1 aromatic heterocycles. The van der Waals surface area contributed by atoms with E-state index in [4.69, 9.17) is 5.73 Å². The molecule has 3 aromatic rings. The average molecular weight is 248 g/mol. The summed E-state index contributed by atoms with van der Waals surface area (Å²) in [6, 6.07) is 13.6. The molecule has 1 heterocycles. The molecule has 2 aromatic carbocycles. The summed E-state index contributed by atoms with van der Waals surface area (Å²) in [5.74, 6) is 0. The summed E-state index contributed by atoms with van der Waals surface area (Å²) in [7, 11) is 0. The van der Waals surface area contributed by atoms with Crippen molar-refractivity contribution in [2.45, 2.75) is 0 Å². The Hall–Kier alpha value is -2.68. The molecule has 0 aliphatic heterocycles. The number of benzene rings is 2. The number of hydrogen-bond donors (Lipinski definition) is 1. The van der Waals surface area contributed by atoms with Gasteiger partial charge in [-0.25, -0.2) is 0 Å². The zero-order valence-corrected chi connectivity index (χ0v) is 10.2. The van der Waals surface area contributed by atoms with Crippen LogP contribution in [0.5, 0.6) is 0 Å². The van der Waals surface area contributed by atoms with Gasteiger partial charge in [0.15, 0.2) is 6.29 Å². The number of carbonyl (C=O) groups is 1. The Morgan fingerprint density at radius 3 is 2.63 bits per heavy atom. The first kappa shape index (κ1) is 11.4. The molecule has 2 N–H and O–H groups in total. The fourth-order valence-corrected chi connectivity index (χ4v) is 2.18. The van der Waals surface area contributed by atoms with Gasteiger partial charge in [0.05, 0.1) is 5.69 Å². The molecule has 3 heteroatoms. The molecule has 19 heavy (non-hydrogen) atoms. The molecule has 92 valence electrons. The average Bonchev–Trinajstić information content (AvgIpc) is 2.48. The molecule has 0 radical (unpaired) electrons. The molecule has 0 amide bonds. The summed E-state index contributed by atoms with van der Waals surface area (Å²) in [5, 5.41) is 1.92. The van der Waals surface area contributed by atoms with Crippen LogP contribution in [0, 0.1) is 0 Å². The number of nitrogens with zero attached hydrogens (tertiary/aromatic N) is 1. The second-order valence-corrected chi connectivity index (χ2v) is 4.36. The second kappa shape index (κ2) is 4.53. The molecule has 3 rings (SSSR count). The predicted molar refractivity (Wildman–Crippen MR) is 77.0 cm³/mol. The van der Waals surface area contributed by atoms with E-state index in [0.717, 1.165) is 28.2 Å². The largest absolute Gasteiger partial charge is 0.398 e. The van der Waals surface area contributed by atoms with Crippen LogP contribution >= 0.6 is 0 Å². The lowest BCUT2D eigenvalue weighted by atomic mass is 9.99. The first-order valence-corrected chi connectivity index (χ1v) is 5.97. The lowest BCUT2D eigenvalue weighted by Crippen LogP contribution is -1.94. The maximum atomic E-state index is 10.9. The van der Waals surface area contributed by atoms with Crippen LogP contribution in [0.3, 0.4) is 0 Å². The van der Waals surface area contributed by atoms with Crippen LogP contribution in [-0.2, 0) is 0 Å². The summed E-state index contributed by atoms with van der Waals surface area (Å²) in [4.78, 5) is 15.0. The van der Waals surface area contributed by atoms with Crippen molar-refractivity contribution in [2.24, 2.45) is 0 Å². The third-order valence-corrected chi connectivity index (χ3v) is 3.22. The number of anilines is 1. The van der Waals surface area contributed by atoms with Crippen LogP contribution in [0.15, 0.2) is 54.9 Å². The highest BCUT2D eigenvalue weighted by atomic mass is 16.1. The Morgan fingerprint density at radius 1 is 1.05 bits per heavy atom. The van der Waals surface area contributed by atoms with Gasteiger partial charge in [-0.15, -0.1) is 0 Å². The van der Waals surface area contributed by atoms with Gasteiger partial charge in [0.25, 0.3) is 0 Å². The summed E-state index contributed by atoms with van der Waals surface area (Å²) >= 11 is 0. The second-order valence-electron chi connectivity index (χ2n) is 4.36. The van der Waals surface area contributed by atoms with Gasteiger partial charge in [-0.1, -0.05) is 24.3 Å². The minimum Gasteiger partial charge on any atom is -0.398 e. The standard InChI is InChI=1S/C16H12N2O/c17-16-14(10-19)6-4-11-3-5-12(8-15(11)16)13-2-1-7-18-9-13/h1-10H,17H2. The maximum Gasteiger partial charge on any atom is 0.152 e. The van der Waals surface area contributed by atoms with Crippen molar-refractivity contribution in [2.75, 3.05) is 5.73 Å². The minimum absolute atomic E-state index is 0.524. The fraction of sp³-hybridized carbons (Fsp3) is 0. The van der Waals surface area contributed by atoms with E-state index in [1.807, 2.05) is 36.4 Å². The highest BCUT2D eigenvalue weighted by molar-refractivity contribution is 6.02. The molecule has 0 saturated heterocycles. The number of hydrogen-bond acceptors (Lipinski definition) is 3. The van der Waals surface area contributed by atoms with Crippen LogP contribution in [0.2, 0.25) is 0 Å². The summed E-state index contributed by atoms with van der Waals surface area (Å²) in [6.07, 6.45) is 4.33. The van der Waals surface area contributed by atoms with Gasteiger partial charge in [-0.05, 0) is 29.1 Å². The third-order valence-electron chi connectivity index (χ3n) is 3.22. The first-order valence-electron chi connectivity index (χ1n) is 5.97. The smallest absolute Gasteiger partial charge is 0.152 e. The van der Waals surface area contributed by atoms with Crippen molar-refractivity contribution in [1.82, 2.24) is 4.98 Å². The van der Waals surface area contributed by atoms with Crippen LogP contribution < -0.4 is 5.73 Å². The molecule has 0 atom stereocenters. The first-order chi connectivity index (χ1) is 9.29. The number of nitrogens with two attached hydrogens (primary N) is 1. The molecule has 0 aliphatic rings. The number of rotatable bonds is 2. The van der Waals surface area contributed by atoms with E-state index in [2.05, 4.69) is 4.98 Å². The van der Waals surface area contributed by atoms with Crippen molar-refractivity contribution >= 4 is 22.7 Å². The summed E-state index contributed by atoms with van der Waals surface area (Å²) < 4.78 is 0. The molecule has 0 unspecified atom stereocenters. The molecule has 0 saturated carbocycles. The Balaban J connectivity index is 2.25. The van der Waals surface area contributed by atoms with E-state index in [0.29, 0.717) is 11.3 Å². The Morgan fingerprint density at radius 2 is 1.89 bits per heavy atom. The van der Waals surface area contributed by atoms with E-state index in [1.54, 1.807) is 18.5 Å². The molecule has 0 fully saturated rings. The lowest BCUT2D eigenvalue weighted by Gasteiger charge is -2.07. The van der Waals surface area contributed by atoms with Crippen LogP contribution in [0.4, 0.5) is 5.69 Å². The normalized spacial score (nSPS) is 10.5. The lowest BCUT2D eigenvalue weighted by molar-refractivity contribution is 0.112. The minimum atomic E-state index is 0.524. The summed E-state index contributed by atoms with van der Waals surface area (Å²) in [6.45, 7) is 0. The molecule has 0 aliphatic carbocycles. The van der Waals surface area contributed by atoms with Crippen LogP contribution in [-0.4, -0.2) is 11.3 Å². The number of fused-ring (bicyclic) bond motifs is 1. The van der Waals surface area contributed by atoms with Gasteiger partial charge in [-0.2, -0.15) is 0 Å². The quantitative estimate of drug-likeness (QED) is 0.559. The van der Waals surface area contributed by atoms with E-state index in [9.17, 15) is 4.79 Å². The fourth-order valence-electron chi connectivity index (χ4n) is 2.18. The Labute approximate surface area is 110 Å². The number of aldehydes is 1. The van der Waals surface area contributed by atoms with Crippen LogP contribution in [0.25, 0.3) is 21.9 Å². The molecular weight excluding hydrogens is 236 g/mol. The van der Waals surface area contributed by atoms with E-state index >= 15 is 0 Å². The number of carbonyl (C=O) groups excluding carboxylic acids is 1. The van der Waals surface area contributed by atoms with Crippen molar-refractivity contribution in [3.05, 3.63) is 60.4 Å². The highest BCUT2D eigenvalue weighted by Crippen LogP contribution is 2.29. The predicted octanol–water partition coefficient (Wildman–Crippen LogP) is 3.30. The van der Waals surface area contributed by atoms with Gasteiger partial charge in [0, 0.05) is 28.9 Å². The van der Waals surface area contributed by atoms with E-state index < -0.39 is 0 Å². The molecular formula is C16H12N2O. The van der Waals surface area contributed by atoms with Gasteiger partial charge < -0.3 is 5.73 Å². The van der Waals surface area contributed by atoms with Gasteiger partial charge in [-0.3, -0.25) is 9.78 Å². The van der Waals surface area contributed by atoms with Gasteiger partial charge in [0.2, 0.25) is 0 Å². The van der Waals surface area contributed by atoms with E-state index in [1.165, 1.54) is 0 Å². The number of aromatic nitrogens is 1. The van der Waals surface area contributed by atoms with Crippen molar-refractivity contribution in [1.29, 1.82) is 0 Å². The van der Waals surface area contributed by atoms with E-state index in [-0.39, 0.29) is 0 Å². The van der Waals surface area contributed by atoms with Gasteiger partial charge in [0.1, 0.15) is 0 Å². The molecule has 3 nitrogen and oxygen atoms in total. The zero-order chi connectivity index (χ0) is 13.2. The number of pyridine rings is 1. The molecule has 0 spiro atoms. The maximum absolute atomic E-state index is 10.9. The number of nitrogen functional groups attached to an aromatic ring is 1. The van der Waals surface area contributed by atoms with Gasteiger partial charge >= 0.3 is 0 Å². The van der Waals surface area contributed by atoms with Crippen molar-refractivity contribution in [3.63, 3.8) is 0 Å². The Kier molecular flexibility index (Phi) is 2.72. The summed E-state index contributed by atoms with van der Waals surface area (Å²) in [5.41, 5.74) is 9.15. The zero-order valence-electron chi connectivity index (χ0n) is 10.2. The monoisotopic (exact) mass is 248 g/mol. The van der Waals surface area contributed by atoms with Crippen LogP contribution in [0.1, 0.15) is 10.4 Å². The Bertz CT molecular complexity index is 751. The molecule has 0 bridgehead atoms. The highest BCUT2D eigenvalue weighted by Gasteiger charge is 2.05. The SMILES string of the molecule is Nc1c(C=O)ccc2ccc(-c3cccnc3)cc12. The topological polar surface area (TPSA) is 56.0 Å².